The van der Waals surface area contributed by atoms with Gasteiger partial charge in [0.25, 0.3) is 0 Å². The second-order valence-corrected chi connectivity index (χ2v) is 4.51. The maximum Gasteiger partial charge on any atom is 0.0708 e. The van der Waals surface area contributed by atoms with E-state index in [0.717, 1.165) is 16.4 Å². The lowest BCUT2D eigenvalue weighted by atomic mass is 9.98. The lowest BCUT2D eigenvalue weighted by molar-refractivity contribution is 1.12. The molecule has 4 rings (SSSR count). The fraction of sp³-hybridized carbons (Fsp3) is 0. The summed E-state index contributed by atoms with van der Waals surface area (Å²) >= 11 is 0. The van der Waals surface area contributed by atoms with E-state index in [2.05, 4.69) is 33.4 Å². The Kier molecular flexibility index (Phi) is 2.12. The minimum absolute atomic E-state index is 1.01. The van der Waals surface area contributed by atoms with E-state index in [-0.39, 0.29) is 0 Å². The minimum Gasteiger partial charge on any atom is -0.278 e. The molecule has 3 nitrogen and oxygen atoms in total. The molecule has 2 heterocycles. The Hall–Kier alpha value is -2.68. The van der Waals surface area contributed by atoms with Crippen LogP contribution in [0.5, 0.6) is 0 Å². The first kappa shape index (κ1) is 10.3. The number of aromatic nitrogens is 3. The molecular formula is C16H11N3. The summed E-state index contributed by atoms with van der Waals surface area (Å²) in [7, 11) is 0. The van der Waals surface area contributed by atoms with Gasteiger partial charge in [-0.2, -0.15) is 5.10 Å². The Balaban J connectivity index is 2.12. The van der Waals surface area contributed by atoms with E-state index >= 15 is 0 Å². The maximum atomic E-state index is 4.41. The van der Waals surface area contributed by atoms with Gasteiger partial charge in [-0.1, -0.05) is 30.3 Å². The van der Waals surface area contributed by atoms with Gasteiger partial charge in [-0.05, 0) is 29.3 Å². The van der Waals surface area contributed by atoms with Gasteiger partial charge in [0.2, 0.25) is 0 Å². The number of H-pyrrole nitrogens is 1. The van der Waals surface area contributed by atoms with E-state index < -0.39 is 0 Å². The molecule has 2 aromatic carbocycles. The van der Waals surface area contributed by atoms with Crippen molar-refractivity contribution in [2.24, 2.45) is 0 Å². The fourth-order valence-electron chi connectivity index (χ4n) is 2.54. The molecule has 0 saturated heterocycles. The topological polar surface area (TPSA) is 41.6 Å². The molecule has 0 unspecified atom stereocenters. The summed E-state index contributed by atoms with van der Waals surface area (Å²) in [4.78, 5) is 4.41. The number of nitrogens with zero attached hydrogens (tertiary/aromatic N) is 2. The third kappa shape index (κ3) is 1.52. The normalized spacial score (nSPS) is 11.2. The zero-order chi connectivity index (χ0) is 12.7. The molecule has 0 saturated carbocycles. The Morgan fingerprint density at radius 1 is 0.789 bits per heavy atom. The number of nitrogens with one attached hydrogen (secondary N) is 1. The van der Waals surface area contributed by atoms with Crippen LogP contribution in [0.3, 0.4) is 0 Å². The van der Waals surface area contributed by atoms with Crippen LogP contribution in [0.2, 0.25) is 0 Å². The van der Waals surface area contributed by atoms with Crippen LogP contribution in [0.4, 0.5) is 0 Å². The second-order valence-electron chi connectivity index (χ2n) is 4.51. The van der Waals surface area contributed by atoms with Crippen LogP contribution >= 0.6 is 0 Å². The van der Waals surface area contributed by atoms with Crippen LogP contribution < -0.4 is 0 Å². The molecule has 0 atom stereocenters. The highest BCUT2D eigenvalue weighted by atomic mass is 15.1. The lowest BCUT2D eigenvalue weighted by Gasteiger charge is -2.07. The van der Waals surface area contributed by atoms with Crippen LogP contribution in [0.25, 0.3) is 32.9 Å². The highest BCUT2D eigenvalue weighted by Gasteiger charge is 2.08. The Morgan fingerprint density at radius 2 is 1.63 bits per heavy atom. The van der Waals surface area contributed by atoms with Gasteiger partial charge < -0.3 is 0 Å². The molecule has 0 bridgehead atoms. The van der Waals surface area contributed by atoms with Crippen LogP contribution in [0.1, 0.15) is 0 Å². The molecule has 0 radical (unpaired) electrons. The number of pyridine rings is 1. The molecule has 0 aliphatic heterocycles. The number of benzene rings is 2. The summed E-state index contributed by atoms with van der Waals surface area (Å²) < 4.78 is 0. The summed E-state index contributed by atoms with van der Waals surface area (Å²) in [5, 5.41) is 9.44. The van der Waals surface area contributed by atoms with Crippen molar-refractivity contribution in [3.63, 3.8) is 0 Å². The summed E-state index contributed by atoms with van der Waals surface area (Å²) in [5.41, 5.74) is 4.45. The van der Waals surface area contributed by atoms with Crippen LogP contribution in [0, 0.1) is 0 Å². The van der Waals surface area contributed by atoms with E-state index in [1.807, 2.05) is 42.7 Å². The van der Waals surface area contributed by atoms with Gasteiger partial charge in [-0.3, -0.25) is 10.1 Å². The maximum absolute atomic E-state index is 4.41. The standard InChI is InChI=1S/C16H11N3/c1-4-11(13-6-3-9-17-15(13)7-1)12-5-2-8-16-14(12)10-18-19-16/h1-10H,(H,18,19). The van der Waals surface area contributed by atoms with Crippen LogP contribution in [-0.4, -0.2) is 15.2 Å². The monoisotopic (exact) mass is 245 g/mol. The summed E-state index contributed by atoms with van der Waals surface area (Å²) in [6.07, 6.45) is 3.70. The number of rotatable bonds is 1. The SMILES string of the molecule is c1cc(-c2cccc3[nH]ncc23)c2cccnc2c1. The van der Waals surface area contributed by atoms with Gasteiger partial charge in [0.15, 0.2) is 0 Å². The number of aromatic amines is 1. The highest BCUT2D eigenvalue weighted by Crippen LogP contribution is 2.32. The van der Waals surface area contributed by atoms with Gasteiger partial charge in [0, 0.05) is 17.0 Å². The van der Waals surface area contributed by atoms with Crippen molar-refractivity contribution in [2.45, 2.75) is 0 Å². The third-order valence-electron chi connectivity index (χ3n) is 3.42. The molecule has 19 heavy (non-hydrogen) atoms. The number of hydrogen-bond donors (Lipinski definition) is 1. The Bertz CT molecular complexity index is 872. The molecular weight excluding hydrogens is 234 g/mol. The first-order chi connectivity index (χ1) is 9.43. The van der Waals surface area contributed by atoms with Crippen molar-refractivity contribution in [3.05, 3.63) is 60.9 Å². The smallest absolute Gasteiger partial charge is 0.0708 e. The second kappa shape index (κ2) is 3.92. The summed E-state index contributed by atoms with van der Waals surface area (Å²) in [5.74, 6) is 0. The predicted octanol–water partition coefficient (Wildman–Crippen LogP) is 3.78. The van der Waals surface area contributed by atoms with Gasteiger partial charge in [-0.15, -0.1) is 0 Å². The lowest BCUT2D eigenvalue weighted by Crippen LogP contribution is -1.84. The molecule has 90 valence electrons. The molecule has 2 aromatic heterocycles. The predicted molar refractivity (Wildman–Crippen MR) is 76.8 cm³/mol. The van der Waals surface area contributed by atoms with E-state index in [1.165, 1.54) is 16.5 Å². The third-order valence-corrected chi connectivity index (χ3v) is 3.42. The average Bonchev–Trinajstić information content (AvgIpc) is 2.95. The largest absolute Gasteiger partial charge is 0.278 e. The van der Waals surface area contributed by atoms with Gasteiger partial charge in [-0.25, -0.2) is 0 Å². The summed E-state index contributed by atoms with van der Waals surface area (Å²) in [6, 6.07) is 16.5. The quantitative estimate of drug-likeness (QED) is 0.554. The average molecular weight is 245 g/mol. The minimum atomic E-state index is 1.01. The summed E-state index contributed by atoms with van der Waals surface area (Å²) in [6.45, 7) is 0. The molecule has 3 heteroatoms. The van der Waals surface area contributed by atoms with E-state index in [0.29, 0.717) is 0 Å². The van der Waals surface area contributed by atoms with Crippen molar-refractivity contribution in [1.82, 2.24) is 15.2 Å². The Labute approximate surface area is 109 Å². The van der Waals surface area contributed by atoms with Gasteiger partial charge >= 0.3 is 0 Å². The highest BCUT2D eigenvalue weighted by molar-refractivity contribution is 6.03. The first-order valence-corrected chi connectivity index (χ1v) is 6.20. The van der Waals surface area contributed by atoms with Gasteiger partial charge in [0.05, 0.1) is 17.2 Å². The fourth-order valence-corrected chi connectivity index (χ4v) is 2.54. The number of fused-ring (bicyclic) bond motifs is 2. The van der Waals surface area contributed by atoms with E-state index in [4.69, 9.17) is 0 Å². The van der Waals surface area contributed by atoms with Crippen LogP contribution in [0.15, 0.2) is 60.9 Å². The van der Waals surface area contributed by atoms with Crippen molar-refractivity contribution >= 4 is 21.8 Å². The number of hydrogen-bond acceptors (Lipinski definition) is 2. The zero-order valence-electron chi connectivity index (χ0n) is 10.2. The van der Waals surface area contributed by atoms with E-state index in [1.54, 1.807) is 0 Å². The van der Waals surface area contributed by atoms with Crippen molar-refractivity contribution < 1.29 is 0 Å². The molecule has 1 N–H and O–H groups in total. The molecule has 0 amide bonds. The van der Waals surface area contributed by atoms with Crippen molar-refractivity contribution in [3.8, 4) is 11.1 Å². The zero-order valence-corrected chi connectivity index (χ0v) is 10.2. The molecule has 0 aliphatic rings. The molecule has 4 aromatic rings. The van der Waals surface area contributed by atoms with Crippen molar-refractivity contribution in [2.75, 3.05) is 0 Å². The van der Waals surface area contributed by atoms with Gasteiger partial charge in [0.1, 0.15) is 0 Å². The molecule has 0 fully saturated rings. The molecule has 0 aliphatic carbocycles. The van der Waals surface area contributed by atoms with E-state index in [9.17, 15) is 0 Å². The van der Waals surface area contributed by atoms with Crippen LogP contribution in [-0.2, 0) is 0 Å². The van der Waals surface area contributed by atoms with Crippen molar-refractivity contribution in [1.29, 1.82) is 0 Å². The molecule has 0 spiro atoms. The first-order valence-electron chi connectivity index (χ1n) is 6.20. The Morgan fingerprint density at radius 3 is 2.58 bits per heavy atom.